The molecule has 0 spiro atoms. The van der Waals surface area contributed by atoms with Gasteiger partial charge in [0.25, 0.3) is 0 Å². The first-order valence-corrected chi connectivity index (χ1v) is 7.31. The van der Waals surface area contributed by atoms with Crippen LogP contribution in [0.4, 0.5) is 5.69 Å². The topological polar surface area (TPSA) is 83.2 Å². The summed E-state index contributed by atoms with van der Waals surface area (Å²) in [4.78, 5) is 2.76. The minimum atomic E-state index is 0.0488. The number of fused-ring (bicyclic) bond motifs is 3. The molecule has 2 aromatic carbocycles. The third-order valence-electron chi connectivity index (χ3n) is 3.83. The molecular weight excluding hydrogens is 304 g/mol. The molecule has 0 radical (unpaired) electrons. The van der Waals surface area contributed by atoms with Crippen molar-refractivity contribution in [2.45, 2.75) is 0 Å². The van der Waals surface area contributed by atoms with Crippen LogP contribution in [-0.4, -0.2) is 9.67 Å². The van der Waals surface area contributed by atoms with Crippen LogP contribution in [0.3, 0.4) is 0 Å². The predicted molar refractivity (Wildman–Crippen MR) is 91.1 cm³/mol. The SMILES string of the molecule is [N-]=[N+]=Nc1ccc(C2=C(O)c3cccn3-c3ccccc3O2)cc1. The van der Waals surface area contributed by atoms with Gasteiger partial charge >= 0.3 is 0 Å². The summed E-state index contributed by atoms with van der Waals surface area (Å²) in [6, 6.07) is 18.1. The minimum absolute atomic E-state index is 0.0488. The van der Waals surface area contributed by atoms with Gasteiger partial charge in [0, 0.05) is 22.4 Å². The molecule has 0 aliphatic carbocycles. The second-order valence-corrected chi connectivity index (χ2v) is 5.25. The Labute approximate surface area is 137 Å². The monoisotopic (exact) mass is 316 g/mol. The lowest BCUT2D eigenvalue weighted by Crippen LogP contribution is -1.98. The summed E-state index contributed by atoms with van der Waals surface area (Å²) in [5.41, 5.74) is 11.2. The van der Waals surface area contributed by atoms with Gasteiger partial charge in [0.2, 0.25) is 0 Å². The quantitative estimate of drug-likeness (QED) is 0.400. The summed E-state index contributed by atoms with van der Waals surface area (Å²) in [6.07, 6.45) is 1.88. The number of hydrogen-bond donors (Lipinski definition) is 1. The van der Waals surface area contributed by atoms with Crippen LogP contribution in [0.25, 0.3) is 27.6 Å². The van der Waals surface area contributed by atoms with Gasteiger partial charge in [0.05, 0.1) is 11.4 Å². The molecule has 6 heteroatoms. The molecule has 4 rings (SSSR count). The van der Waals surface area contributed by atoms with Gasteiger partial charge in [-0.1, -0.05) is 41.5 Å². The molecule has 116 valence electrons. The average molecular weight is 316 g/mol. The van der Waals surface area contributed by atoms with Crippen LogP contribution in [0.1, 0.15) is 11.3 Å². The fourth-order valence-electron chi connectivity index (χ4n) is 2.73. The zero-order valence-corrected chi connectivity index (χ0v) is 12.5. The van der Waals surface area contributed by atoms with Crippen molar-refractivity contribution in [1.29, 1.82) is 0 Å². The summed E-state index contributed by atoms with van der Waals surface area (Å²) in [5, 5.41) is 14.3. The van der Waals surface area contributed by atoms with Gasteiger partial charge in [0.1, 0.15) is 0 Å². The van der Waals surface area contributed by atoms with Crippen molar-refractivity contribution in [2.24, 2.45) is 5.11 Å². The van der Waals surface area contributed by atoms with Crippen molar-refractivity contribution in [3.05, 3.63) is 88.6 Å². The second kappa shape index (κ2) is 5.53. The van der Waals surface area contributed by atoms with Gasteiger partial charge in [-0.05, 0) is 29.8 Å². The maximum atomic E-state index is 10.7. The van der Waals surface area contributed by atoms with E-state index in [4.69, 9.17) is 10.3 Å². The molecule has 24 heavy (non-hydrogen) atoms. The molecule has 0 atom stereocenters. The van der Waals surface area contributed by atoms with Gasteiger partial charge in [-0.15, -0.1) is 0 Å². The van der Waals surface area contributed by atoms with Crippen molar-refractivity contribution in [3.8, 4) is 11.4 Å². The predicted octanol–water partition coefficient (Wildman–Crippen LogP) is 5.20. The number of benzene rings is 2. The fourth-order valence-corrected chi connectivity index (χ4v) is 2.73. The highest BCUT2D eigenvalue weighted by Crippen LogP contribution is 2.37. The Kier molecular flexibility index (Phi) is 3.23. The molecule has 1 aliphatic heterocycles. The standard InChI is InChI=1S/C18H12N4O2/c19-21-20-13-9-7-12(8-10-13)18-17(23)15-5-3-11-22(15)14-4-1-2-6-16(14)24-18/h1-11,23H. The van der Waals surface area contributed by atoms with Crippen LogP contribution >= 0.6 is 0 Å². The Balaban J connectivity index is 1.90. The number of aliphatic hydroxyl groups excluding tert-OH is 1. The third kappa shape index (κ3) is 2.18. The number of rotatable bonds is 2. The first kappa shape index (κ1) is 14.0. The Bertz CT molecular complexity index is 996. The maximum absolute atomic E-state index is 10.7. The van der Waals surface area contributed by atoms with Crippen LogP contribution in [0.5, 0.6) is 5.75 Å². The molecule has 1 aliphatic rings. The number of aromatic nitrogens is 1. The van der Waals surface area contributed by atoms with E-state index in [1.54, 1.807) is 24.3 Å². The number of nitrogens with zero attached hydrogens (tertiary/aromatic N) is 4. The van der Waals surface area contributed by atoms with Gasteiger partial charge in [0.15, 0.2) is 17.3 Å². The molecule has 1 aromatic heterocycles. The highest BCUT2D eigenvalue weighted by atomic mass is 16.5. The highest BCUT2D eigenvalue weighted by Gasteiger charge is 2.22. The van der Waals surface area contributed by atoms with Crippen molar-refractivity contribution >= 4 is 17.2 Å². The second-order valence-electron chi connectivity index (χ2n) is 5.25. The number of azide groups is 1. The van der Waals surface area contributed by atoms with E-state index in [9.17, 15) is 5.11 Å². The van der Waals surface area contributed by atoms with E-state index in [-0.39, 0.29) is 5.76 Å². The van der Waals surface area contributed by atoms with Crippen LogP contribution in [0.15, 0.2) is 72.0 Å². The number of para-hydroxylation sites is 2. The van der Waals surface area contributed by atoms with E-state index in [1.807, 2.05) is 47.2 Å². The van der Waals surface area contributed by atoms with Crippen molar-refractivity contribution < 1.29 is 9.84 Å². The Morgan fingerprint density at radius 2 is 1.79 bits per heavy atom. The van der Waals surface area contributed by atoms with Crippen molar-refractivity contribution in [1.82, 2.24) is 4.57 Å². The Morgan fingerprint density at radius 3 is 2.58 bits per heavy atom. The average Bonchev–Trinajstić information content (AvgIpc) is 3.06. The first-order valence-electron chi connectivity index (χ1n) is 7.31. The van der Waals surface area contributed by atoms with Crippen molar-refractivity contribution in [2.75, 3.05) is 0 Å². The molecular formula is C18H12N4O2. The van der Waals surface area contributed by atoms with E-state index >= 15 is 0 Å². The van der Waals surface area contributed by atoms with Gasteiger partial charge in [-0.3, -0.25) is 0 Å². The van der Waals surface area contributed by atoms with Crippen LogP contribution in [0.2, 0.25) is 0 Å². The molecule has 2 heterocycles. The zero-order chi connectivity index (χ0) is 16.5. The zero-order valence-electron chi connectivity index (χ0n) is 12.5. The lowest BCUT2D eigenvalue weighted by molar-refractivity contribution is 0.468. The maximum Gasteiger partial charge on any atom is 0.183 e. The lowest BCUT2D eigenvalue weighted by Gasteiger charge is -2.11. The van der Waals surface area contributed by atoms with Gasteiger partial charge < -0.3 is 14.4 Å². The summed E-state index contributed by atoms with van der Waals surface area (Å²) < 4.78 is 7.88. The van der Waals surface area contributed by atoms with E-state index in [0.717, 1.165) is 5.69 Å². The summed E-state index contributed by atoms with van der Waals surface area (Å²) in [7, 11) is 0. The van der Waals surface area contributed by atoms with Gasteiger partial charge in [-0.2, -0.15) is 0 Å². The largest absolute Gasteiger partial charge is 0.503 e. The first-order chi connectivity index (χ1) is 11.8. The molecule has 0 saturated heterocycles. The van der Waals surface area contributed by atoms with Crippen LogP contribution < -0.4 is 4.74 Å². The van der Waals surface area contributed by atoms with Crippen LogP contribution in [0, 0.1) is 0 Å². The summed E-state index contributed by atoms with van der Waals surface area (Å²) >= 11 is 0. The van der Waals surface area contributed by atoms with E-state index in [0.29, 0.717) is 28.5 Å². The molecule has 0 fully saturated rings. The molecule has 1 N–H and O–H groups in total. The Morgan fingerprint density at radius 1 is 1.00 bits per heavy atom. The van der Waals surface area contributed by atoms with Crippen LogP contribution in [-0.2, 0) is 0 Å². The summed E-state index contributed by atoms with van der Waals surface area (Å²) in [6.45, 7) is 0. The third-order valence-corrected chi connectivity index (χ3v) is 3.83. The normalized spacial score (nSPS) is 12.5. The molecule has 0 amide bonds. The number of aliphatic hydroxyl groups is 1. The van der Waals surface area contributed by atoms with Gasteiger partial charge in [-0.25, -0.2) is 0 Å². The molecule has 6 nitrogen and oxygen atoms in total. The lowest BCUT2D eigenvalue weighted by atomic mass is 10.1. The minimum Gasteiger partial charge on any atom is -0.503 e. The molecule has 0 unspecified atom stereocenters. The van der Waals surface area contributed by atoms with E-state index in [1.165, 1.54) is 0 Å². The van der Waals surface area contributed by atoms with E-state index in [2.05, 4.69) is 10.0 Å². The fraction of sp³-hybridized carbons (Fsp3) is 0. The van der Waals surface area contributed by atoms with E-state index < -0.39 is 0 Å². The molecule has 0 saturated carbocycles. The summed E-state index contributed by atoms with van der Waals surface area (Å²) in [5.74, 6) is 1.05. The number of ether oxygens (including phenoxy) is 1. The number of hydrogen-bond acceptors (Lipinski definition) is 3. The molecule has 0 bridgehead atoms. The smallest absolute Gasteiger partial charge is 0.183 e. The highest BCUT2D eigenvalue weighted by molar-refractivity contribution is 5.86. The van der Waals surface area contributed by atoms with Crippen molar-refractivity contribution in [3.63, 3.8) is 0 Å². The molecule has 3 aromatic rings. The Hall–Kier alpha value is -3.63.